The van der Waals surface area contributed by atoms with Crippen LogP contribution in [0.2, 0.25) is 0 Å². The van der Waals surface area contributed by atoms with E-state index in [1.807, 2.05) is 6.92 Å². The van der Waals surface area contributed by atoms with E-state index in [-0.39, 0.29) is 37.3 Å². The fraction of sp³-hybridized carbons (Fsp3) is 0.786. The van der Waals surface area contributed by atoms with Crippen molar-refractivity contribution in [3.63, 3.8) is 0 Å². The summed E-state index contributed by atoms with van der Waals surface area (Å²) in [5, 5.41) is 5.22. The first kappa shape index (κ1) is 19.2. The molecule has 0 fully saturated rings. The molecule has 2 N–H and O–H groups in total. The molecule has 0 aromatic heterocycles. The quantitative estimate of drug-likeness (QED) is 0.693. The van der Waals surface area contributed by atoms with Gasteiger partial charge in [0.1, 0.15) is 5.60 Å². The minimum Gasteiger partial charge on any atom is -0.469 e. The first-order chi connectivity index (χ1) is 9.67. The molecule has 21 heavy (non-hydrogen) atoms. The summed E-state index contributed by atoms with van der Waals surface area (Å²) >= 11 is 0. The Kier molecular flexibility index (Phi) is 8.42. The molecule has 0 aliphatic rings. The molecule has 0 aromatic carbocycles. The minimum absolute atomic E-state index is 0.122. The lowest BCUT2D eigenvalue weighted by Crippen LogP contribution is -2.39. The van der Waals surface area contributed by atoms with Crippen LogP contribution in [0.3, 0.4) is 0 Å². The fourth-order valence-corrected chi connectivity index (χ4v) is 1.47. The van der Waals surface area contributed by atoms with Crippen LogP contribution in [0.15, 0.2) is 0 Å². The molecule has 0 saturated heterocycles. The van der Waals surface area contributed by atoms with E-state index in [1.54, 1.807) is 20.8 Å². The van der Waals surface area contributed by atoms with Crippen LogP contribution in [0.1, 0.15) is 47.0 Å². The van der Waals surface area contributed by atoms with Crippen LogP contribution < -0.4 is 10.6 Å². The van der Waals surface area contributed by atoms with E-state index >= 15 is 0 Å². The monoisotopic (exact) mass is 302 g/mol. The van der Waals surface area contributed by atoms with E-state index in [2.05, 4.69) is 15.4 Å². The molecule has 0 aliphatic carbocycles. The largest absolute Gasteiger partial charge is 0.469 e. The highest BCUT2D eigenvalue weighted by Gasteiger charge is 2.17. The number of alkyl carbamates (subject to hydrolysis) is 1. The van der Waals surface area contributed by atoms with Crippen LogP contribution in [0.4, 0.5) is 4.79 Å². The van der Waals surface area contributed by atoms with Gasteiger partial charge in [0, 0.05) is 19.0 Å². The number of esters is 1. The van der Waals surface area contributed by atoms with Crippen molar-refractivity contribution in [3.05, 3.63) is 0 Å². The van der Waals surface area contributed by atoms with Gasteiger partial charge in [-0.25, -0.2) is 4.79 Å². The van der Waals surface area contributed by atoms with Crippen molar-refractivity contribution in [2.75, 3.05) is 13.7 Å². The molecule has 0 saturated carbocycles. The van der Waals surface area contributed by atoms with E-state index < -0.39 is 11.7 Å². The van der Waals surface area contributed by atoms with Crippen LogP contribution in [0.25, 0.3) is 0 Å². The Morgan fingerprint density at radius 1 is 1.19 bits per heavy atom. The maximum atomic E-state index is 11.7. The Hall–Kier alpha value is -1.79. The van der Waals surface area contributed by atoms with Gasteiger partial charge >= 0.3 is 12.1 Å². The standard InChI is InChI=1S/C14H26N2O5/c1-6-10(9-12(18)20-5)16-11(17)7-8-15-13(19)21-14(2,3)4/h10H,6-9H2,1-5H3,(H,15,19)(H,16,17). The number of ether oxygens (including phenoxy) is 2. The van der Waals surface area contributed by atoms with Gasteiger partial charge in [0.15, 0.2) is 0 Å². The van der Waals surface area contributed by atoms with Gasteiger partial charge in [-0.05, 0) is 27.2 Å². The Morgan fingerprint density at radius 2 is 1.81 bits per heavy atom. The maximum absolute atomic E-state index is 11.7. The average molecular weight is 302 g/mol. The lowest BCUT2D eigenvalue weighted by molar-refractivity contribution is -0.141. The zero-order chi connectivity index (χ0) is 16.5. The van der Waals surface area contributed by atoms with Gasteiger partial charge in [-0.15, -0.1) is 0 Å². The van der Waals surface area contributed by atoms with Crippen molar-refractivity contribution < 1.29 is 23.9 Å². The maximum Gasteiger partial charge on any atom is 0.407 e. The van der Waals surface area contributed by atoms with E-state index in [9.17, 15) is 14.4 Å². The third-order valence-corrected chi connectivity index (χ3v) is 2.52. The average Bonchev–Trinajstić information content (AvgIpc) is 2.35. The number of carbonyl (C=O) groups excluding carboxylic acids is 3. The molecular weight excluding hydrogens is 276 g/mol. The predicted molar refractivity (Wildman–Crippen MR) is 77.7 cm³/mol. The summed E-state index contributed by atoms with van der Waals surface area (Å²) in [7, 11) is 1.31. The molecule has 1 atom stereocenters. The number of hydrogen-bond acceptors (Lipinski definition) is 5. The van der Waals surface area contributed by atoms with Crippen LogP contribution in [0, 0.1) is 0 Å². The van der Waals surface area contributed by atoms with Gasteiger partial charge in [-0.1, -0.05) is 6.92 Å². The topological polar surface area (TPSA) is 93.7 Å². The van der Waals surface area contributed by atoms with E-state index in [4.69, 9.17) is 4.74 Å². The first-order valence-electron chi connectivity index (χ1n) is 7.01. The number of methoxy groups -OCH3 is 1. The lowest BCUT2D eigenvalue weighted by Gasteiger charge is -2.20. The molecule has 0 spiro atoms. The number of carbonyl (C=O) groups is 3. The number of amides is 2. The molecule has 7 heteroatoms. The molecule has 0 aromatic rings. The Balaban J connectivity index is 3.98. The fourth-order valence-electron chi connectivity index (χ4n) is 1.47. The highest BCUT2D eigenvalue weighted by atomic mass is 16.6. The highest BCUT2D eigenvalue weighted by molar-refractivity contribution is 5.78. The first-order valence-corrected chi connectivity index (χ1v) is 7.01. The zero-order valence-electron chi connectivity index (χ0n) is 13.4. The number of hydrogen-bond donors (Lipinski definition) is 2. The van der Waals surface area contributed by atoms with E-state index in [1.165, 1.54) is 7.11 Å². The molecule has 0 rings (SSSR count). The molecule has 1 unspecified atom stereocenters. The van der Waals surface area contributed by atoms with Gasteiger partial charge in [0.05, 0.1) is 13.5 Å². The lowest BCUT2D eigenvalue weighted by atomic mass is 10.1. The summed E-state index contributed by atoms with van der Waals surface area (Å²) in [6.45, 7) is 7.33. The predicted octanol–water partition coefficient (Wildman–Crippen LogP) is 1.36. The molecule has 2 amide bonds. The van der Waals surface area contributed by atoms with Crippen molar-refractivity contribution >= 4 is 18.0 Å². The molecular formula is C14H26N2O5. The Labute approximate surface area is 125 Å². The molecule has 0 radical (unpaired) electrons. The molecule has 0 bridgehead atoms. The van der Waals surface area contributed by atoms with Crippen molar-refractivity contribution in [1.82, 2.24) is 10.6 Å². The van der Waals surface area contributed by atoms with Gasteiger partial charge < -0.3 is 20.1 Å². The van der Waals surface area contributed by atoms with Crippen molar-refractivity contribution in [1.29, 1.82) is 0 Å². The summed E-state index contributed by atoms with van der Waals surface area (Å²) in [5.74, 6) is -0.601. The molecule has 122 valence electrons. The smallest absolute Gasteiger partial charge is 0.407 e. The number of rotatable bonds is 7. The summed E-state index contributed by atoms with van der Waals surface area (Å²) < 4.78 is 9.61. The van der Waals surface area contributed by atoms with Crippen LogP contribution in [0.5, 0.6) is 0 Å². The summed E-state index contributed by atoms with van der Waals surface area (Å²) in [6, 6.07) is -0.258. The van der Waals surface area contributed by atoms with Crippen LogP contribution in [-0.2, 0) is 19.1 Å². The van der Waals surface area contributed by atoms with Gasteiger partial charge in [0.2, 0.25) is 5.91 Å². The van der Waals surface area contributed by atoms with Crippen molar-refractivity contribution in [3.8, 4) is 0 Å². The number of nitrogens with one attached hydrogen (secondary N) is 2. The second-order valence-electron chi connectivity index (χ2n) is 5.63. The molecule has 7 nitrogen and oxygen atoms in total. The molecule has 0 aliphatic heterocycles. The van der Waals surface area contributed by atoms with Gasteiger partial charge in [-0.2, -0.15) is 0 Å². The summed E-state index contributed by atoms with van der Waals surface area (Å²) in [4.78, 5) is 34.2. The SMILES string of the molecule is CCC(CC(=O)OC)NC(=O)CCNC(=O)OC(C)(C)C. The van der Waals surface area contributed by atoms with E-state index in [0.29, 0.717) is 6.42 Å². The van der Waals surface area contributed by atoms with E-state index in [0.717, 1.165) is 0 Å². The van der Waals surface area contributed by atoms with Crippen LogP contribution >= 0.6 is 0 Å². The van der Waals surface area contributed by atoms with Crippen molar-refractivity contribution in [2.45, 2.75) is 58.6 Å². The highest BCUT2D eigenvalue weighted by Crippen LogP contribution is 2.06. The summed E-state index contributed by atoms with van der Waals surface area (Å²) in [5.41, 5.74) is -0.569. The van der Waals surface area contributed by atoms with Gasteiger partial charge in [-0.3, -0.25) is 9.59 Å². The Morgan fingerprint density at radius 3 is 2.29 bits per heavy atom. The zero-order valence-corrected chi connectivity index (χ0v) is 13.4. The van der Waals surface area contributed by atoms with Crippen LogP contribution in [-0.4, -0.2) is 43.3 Å². The summed E-state index contributed by atoms with van der Waals surface area (Å²) in [6.07, 6.45) is 0.326. The second kappa shape index (κ2) is 9.20. The normalized spacial score (nSPS) is 12.2. The third kappa shape index (κ3) is 10.6. The second-order valence-corrected chi connectivity index (χ2v) is 5.63. The molecule has 0 heterocycles. The van der Waals surface area contributed by atoms with Gasteiger partial charge in [0.25, 0.3) is 0 Å². The third-order valence-electron chi connectivity index (χ3n) is 2.52. The Bertz CT molecular complexity index is 363. The van der Waals surface area contributed by atoms with Crippen molar-refractivity contribution in [2.24, 2.45) is 0 Å². The minimum atomic E-state index is -0.569.